The van der Waals surface area contributed by atoms with Gasteiger partial charge >= 0.3 is 30.6 Å². The topological polar surface area (TPSA) is 133 Å². The second-order valence-electron chi connectivity index (χ2n) is 12.4. The van der Waals surface area contributed by atoms with Gasteiger partial charge in [0.25, 0.3) is 0 Å². The number of carboxylic acid groups (broad SMARTS) is 2. The monoisotopic (exact) mass is 719 g/mol. The number of rotatable bonds is 6. The summed E-state index contributed by atoms with van der Waals surface area (Å²) in [5.74, 6) is -3.11. The Kier molecular flexibility index (Phi) is 9.48. The minimum atomic E-state index is -5.14. The highest BCUT2D eigenvalue weighted by molar-refractivity contribution is 5.90. The summed E-state index contributed by atoms with van der Waals surface area (Å²) in [6, 6.07) is 3.43. The molecule has 9 nitrogen and oxygen atoms in total. The molecule has 0 aliphatic carbocycles. The lowest BCUT2D eigenvalue weighted by atomic mass is 9.80. The van der Waals surface area contributed by atoms with Crippen molar-refractivity contribution >= 4 is 23.4 Å². The molecule has 3 heterocycles. The van der Waals surface area contributed by atoms with Crippen molar-refractivity contribution in [2.24, 2.45) is 11.7 Å². The van der Waals surface area contributed by atoms with Crippen molar-refractivity contribution in [1.82, 2.24) is 9.97 Å². The molecule has 0 radical (unpaired) electrons. The third-order valence-corrected chi connectivity index (χ3v) is 9.16. The molecule has 50 heavy (non-hydrogen) atoms. The van der Waals surface area contributed by atoms with Crippen molar-refractivity contribution in [2.45, 2.75) is 69.1 Å². The van der Waals surface area contributed by atoms with E-state index in [9.17, 15) is 59.3 Å². The summed E-state index contributed by atoms with van der Waals surface area (Å²) < 4.78 is 124. The number of anilines is 2. The van der Waals surface area contributed by atoms with Crippen molar-refractivity contribution in [2.75, 3.05) is 22.9 Å². The van der Waals surface area contributed by atoms with Crippen LogP contribution in [0.15, 0.2) is 42.6 Å². The van der Waals surface area contributed by atoms with Gasteiger partial charge in [-0.1, -0.05) is 6.92 Å². The molecule has 2 atom stereocenters. The number of benzene rings is 2. The number of aromatic nitrogens is 2. The summed E-state index contributed by atoms with van der Waals surface area (Å²) in [6.45, 7) is 1.81. The smallest absolute Gasteiger partial charge is 0.416 e. The molecule has 2 aliphatic heterocycles. The number of amides is 1. The first-order valence-electron chi connectivity index (χ1n) is 15.3. The molecule has 2 aliphatic rings. The minimum Gasteiger partial charge on any atom is -0.481 e. The van der Waals surface area contributed by atoms with Crippen molar-refractivity contribution in [3.05, 3.63) is 81.9 Å². The summed E-state index contributed by atoms with van der Waals surface area (Å²) in [5.41, 5.74) is -0.0603. The number of carbonyl (C=O) groups is 2. The number of carboxylic acids is 1. The Morgan fingerprint density at radius 3 is 1.96 bits per heavy atom. The second kappa shape index (κ2) is 12.9. The van der Waals surface area contributed by atoms with Crippen molar-refractivity contribution in [3.63, 3.8) is 0 Å². The number of aliphatic carboxylic acids is 1. The van der Waals surface area contributed by atoms with Crippen LogP contribution >= 0.6 is 0 Å². The first-order valence-corrected chi connectivity index (χ1v) is 15.3. The first kappa shape index (κ1) is 36.7. The molecule has 0 spiro atoms. The maximum Gasteiger partial charge on any atom is 0.416 e. The van der Waals surface area contributed by atoms with E-state index in [2.05, 4.69) is 9.97 Å². The van der Waals surface area contributed by atoms with E-state index in [4.69, 9.17) is 5.73 Å². The molecule has 1 fully saturated rings. The van der Waals surface area contributed by atoms with E-state index in [0.29, 0.717) is 18.2 Å². The van der Waals surface area contributed by atoms with Crippen LogP contribution in [0.1, 0.15) is 77.9 Å². The van der Waals surface area contributed by atoms with Crippen molar-refractivity contribution in [1.29, 1.82) is 0 Å². The van der Waals surface area contributed by atoms with Gasteiger partial charge in [0.05, 0.1) is 45.9 Å². The van der Waals surface area contributed by atoms with Crippen molar-refractivity contribution < 1.29 is 59.3 Å². The van der Waals surface area contributed by atoms with E-state index in [-0.39, 0.29) is 73.3 Å². The molecule has 1 saturated heterocycles. The van der Waals surface area contributed by atoms with E-state index in [0.717, 1.165) is 17.0 Å². The van der Waals surface area contributed by atoms with Gasteiger partial charge < -0.3 is 20.8 Å². The molecule has 0 bridgehead atoms. The lowest BCUT2D eigenvalue weighted by molar-refractivity contribution is -0.144. The zero-order valence-corrected chi connectivity index (χ0v) is 26.1. The Labute approximate surface area is 278 Å². The molecule has 4 N–H and O–H groups in total. The van der Waals surface area contributed by atoms with E-state index >= 15 is 0 Å². The second-order valence-corrected chi connectivity index (χ2v) is 12.4. The number of fused-ring (bicyclic) bond motifs is 1. The van der Waals surface area contributed by atoms with Crippen LogP contribution in [-0.2, 0) is 29.7 Å². The van der Waals surface area contributed by atoms with Crippen LogP contribution < -0.4 is 15.5 Å². The number of alkyl halides is 9. The lowest BCUT2D eigenvalue weighted by Crippen LogP contribution is -2.61. The van der Waals surface area contributed by atoms with E-state index in [1.54, 1.807) is 11.8 Å². The molecule has 1 aromatic heterocycles. The van der Waals surface area contributed by atoms with Crippen LogP contribution in [-0.4, -0.2) is 51.0 Å². The molecule has 0 unspecified atom stereocenters. The fourth-order valence-corrected chi connectivity index (χ4v) is 6.50. The summed E-state index contributed by atoms with van der Waals surface area (Å²) in [5, 5.41) is 19.5. The number of hydrogen-bond acceptors (Lipinski definition) is 6. The highest BCUT2D eigenvalue weighted by Crippen LogP contribution is 2.47. The van der Waals surface area contributed by atoms with E-state index in [1.807, 2.05) is 0 Å². The minimum absolute atomic E-state index is 0.00974. The van der Waals surface area contributed by atoms with Gasteiger partial charge in [0.2, 0.25) is 0 Å². The van der Waals surface area contributed by atoms with Gasteiger partial charge in [0, 0.05) is 25.4 Å². The van der Waals surface area contributed by atoms with Crippen LogP contribution in [0.5, 0.6) is 0 Å². The van der Waals surface area contributed by atoms with Gasteiger partial charge in [0.15, 0.2) is 0 Å². The highest BCUT2D eigenvalue weighted by atomic mass is 19.4. The molecule has 5 rings (SSSR count). The Morgan fingerprint density at radius 2 is 1.46 bits per heavy atom. The normalized spacial score (nSPS) is 20.5. The maximum absolute atomic E-state index is 13.8. The molecule has 2 aromatic carbocycles. The Balaban J connectivity index is 1.69. The quantitative estimate of drug-likeness (QED) is 0.223. The molecule has 1 amide bonds. The zero-order chi connectivity index (χ0) is 37.0. The van der Waals surface area contributed by atoms with Gasteiger partial charge in [0.1, 0.15) is 11.5 Å². The first-order chi connectivity index (χ1) is 23.1. The van der Waals surface area contributed by atoms with Gasteiger partial charge in [-0.3, -0.25) is 9.69 Å². The van der Waals surface area contributed by atoms with Crippen LogP contribution in [0.25, 0.3) is 0 Å². The van der Waals surface area contributed by atoms with Crippen LogP contribution in [0.2, 0.25) is 0 Å². The van der Waals surface area contributed by atoms with E-state index in [1.165, 1.54) is 6.20 Å². The van der Waals surface area contributed by atoms with Crippen LogP contribution in [0.3, 0.4) is 0 Å². The summed E-state index contributed by atoms with van der Waals surface area (Å²) >= 11 is 0. The highest BCUT2D eigenvalue weighted by Gasteiger charge is 2.47. The standard InChI is InChI=1S/C32H30F9N5O4/c1-2-29(42)14-22(21-13-18(30(33,34)35)3-4-24(21)46(29)28(49)50)26-43-15-25(45-7-5-17(6-8-45)27(47)48)23(44-26)11-16-9-19(31(36,37)38)12-20(10-16)32(39,40)41/h3-4,9-10,12-13,15,17,22H,2,5-8,11,14,42H2,1H3,(H,47,48)(H,49,50)/t22-,29+/m0/s1. The van der Waals surface area contributed by atoms with Gasteiger partial charge in [-0.15, -0.1) is 0 Å². The molecule has 18 heteroatoms. The average Bonchev–Trinajstić information content (AvgIpc) is 3.02. The van der Waals surface area contributed by atoms with Crippen molar-refractivity contribution in [3.8, 4) is 0 Å². The van der Waals surface area contributed by atoms with Gasteiger partial charge in [-0.05, 0) is 73.2 Å². The summed E-state index contributed by atoms with van der Waals surface area (Å²) in [4.78, 5) is 35.2. The predicted octanol–water partition coefficient (Wildman–Crippen LogP) is 7.51. The summed E-state index contributed by atoms with van der Waals surface area (Å²) in [6.07, 6.45) is -16.1. The summed E-state index contributed by atoms with van der Waals surface area (Å²) in [7, 11) is 0. The number of halogens is 9. The predicted molar refractivity (Wildman–Crippen MR) is 159 cm³/mol. The molecule has 0 saturated carbocycles. The third-order valence-electron chi connectivity index (χ3n) is 9.16. The number of nitrogens with two attached hydrogens (primary N) is 1. The number of piperidine rings is 1. The molecular formula is C32H30F9N5O4. The Hall–Kier alpha value is -4.61. The fraction of sp³-hybridized carbons (Fsp3) is 0.438. The molecule has 270 valence electrons. The molecule has 3 aromatic rings. The third kappa shape index (κ3) is 7.29. The lowest BCUT2D eigenvalue weighted by Gasteiger charge is -2.46. The van der Waals surface area contributed by atoms with Crippen LogP contribution in [0.4, 0.5) is 55.7 Å². The fourth-order valence-electron chi connectivity index (χ4n) is 6.50. The zero-order valence-electron chi connectivity index (χ0n) is 26.1. The average molecular weight is 720 g/mol. The SMILES string of the molecule is CC[C@]1(N)C[C@H](c2ncc(N3CCC(C(=O)O)CC3)c(Cc3cc(C(F)(F)F)cc(C(F)(F)F)c3)n2)c2cc(C(F)(F)F)ccc2N1C(=O)O. The van der Waals surface area contributed by atoms with Crippen LogP contribution in [0, 0.1) is 5.92 Å². The van der Waals surface area contributed by atoms with Gasteiger partial charge in [-0.25, -0.2) is 14.8 Å². The number of nitrogens with zero attached hydrogens (tertiary/aromatic N) is 4. The van der Waals surface area contributed by atoms with E-state index < -0.39 is 76.8 Å². The molecular weight excluding hydrogens is 689 g/mol. The Morgan fingerprint density at radius 1 is 0.880 bits per heavy atom. The van der Waals surface area contributed by atoms with Gasteiger partial charge in [-0.2, -0.15) is 39.5 Å². The maximum atomic E-state index is 13.8. The Bertz CT molecular complexity index is 1760. The number of hydrogen-bond donors (Lipinski definition) is 3. The largest absolute Gasteiger partial charge is 0.481 e.